The van der Waals surface area contributed by atoms with Crippen LogP contribution < -0.4 is 4.90 Å². The Morgan fingerprint density at radius 3 is 2.58 bits per heavy atom. The van der Waals surface area contributed by atoms with E-state index in [1.807, 2.05) is 29.2 Å². The van der Waals surface area contributed by atoms with E-state index in [0.717, 1.165) is 43.3 Å². The monoisotopic (exact) mass is 347 g/mol. The molecule has 0 radical (unpaired) electrons. The first-order chi connectivity index (χ1) is 11.5. The first-order valence-corrected chi connectivity index (χ1v) is 9.55. The summed E-state index contributed by atoms with van der Waals surface area (Å²) >= 11 is 1.55. The number of amides is 2. The Balaban J connectivity index is 1.60. The molecule has 0 aliphatic carbocycles. The van der Waals surface area contributed by atoms with Gasteiger partial charge in [0.05, 0.1) is 11.4 Å². The van der Waals surface area contributed by atoms with E-state index in [0.29, 0.717) is 11.7 Å². The lowest BCUT2D eigenvalue weighted by molar-refractivity contribution is -0.132. The Labute approximate surface area is 148 Å². The molecular formula is C18H25N3O2S. The molecule has 24 heavy (non-hydrogen) atoms. The molecule has 0 saturated carbocycles. The molecule has 2 aliphatic rings. The summed E-state index contributed by atoms with van der Waals surface area (Å²) in [6.45, 7) is 9.02. The van der Waals surface area contributed by atoms with Gasteiger partial charge in [-0.3, -0.25) is 14.5 Å². The quantitative estimate of drug-likeness (QED) is 0.835. The molecule has 5 nitrogen and oxygen atoms in total. The van der Waals surface area contributed by atoms with Gasteiger partial charge >= 0.3 is 0 Å². The van der Waals surface area contributed by atoms with Crippen LogP contribution >= 0.6 is 11.8 Å². The van der Waals surface area contributed by atoms with Crippen molar-refractivity contribution in [1.82, 2.24) is 9.80 Å². The predicted octanol–water partition coefficient (Wildman–Crippen LogP) is 1.93. The molecule has 3 rings (SSSR count). The first kappa shape index (κ1) is 17.3. The highest BCUT2D eigenvalue weighted by atomic mass is 32.2. The van der Waals surface area contributed by atoms with Crippen LogP contribution in [0.25, 0.3) is 0 Å². The Kier molecular flexibility index (Phi) is 5.46. The van der Waals surface area contributed by atoms with Crippen LogP contribution in [0.15, 0.2) is 29.2 Å². The lowest BCUT2D eigenvalue weighted by atomic mass is 10.2. The lowest BCUT2D eigenvalue weighted by Crippen LogP contribution is -2.52. The molecule has 6 heteroatoms. The van der Waals surface area contributed by atoms with Gasteiger partial charge in [0.2, 0.25) is 11.8 Å². The van der Waals surface area contributed by atoms with E-state index in [-0.39, 0.29) is 18.4 Å². The minimum absolute atomic E-state index is 0.0190. The summed E-state index contributed by atoms with van der Waals surface area (Å²) in [6.07, 6.45) is 0. The Morgan fingerprint density at radius 1 is 1.17 bits per heavy atom. The number of fused-ring (bicyclic) bond motifs is 1. The van der Waals surface area contributed by atoms with E-state index < -0.39 is 0 Å². The van der Waals surface area contributed by atoms with Gasteiger partial charge in [0.25, 0.3) is 0 Å². The van der Waals surface area contributed by atoms with E-state index in [1.165, 1.54) is 0 Å². The molecule has 1 fully saturated rings. The Bertz CT molecular complexity index is 612. The van der Waals surface area contributed by atoms with Crippen LogP contribution in [-0.4, -0.2) is 66.6 Å². The number of carbonyl (C=O) groups excluding carboxylic acids is 2. The molecule has 0 unspecified atom stereocenters. The van der Waals surface area contributed by atoms with Crippen LogP contribution in [0.3, 0.4) is 0 Å². The molecule has 2 aliphatic heterocycles. The molecule has 1 aromatic rings. The third-order valence-electron chi connectivity index (χ3n) is 4.45. The molecule has 0 aromatic heterocycles. The van der Waals surface area contributed by atoms with Gasteiger partial charge in [0.15, 0.2) is 0 Å². The van der Waals surface area contributed by atoms with Gasteiger partial charge in [-0.15, -0.1) is 11.8 Å². The fraction of sp³-hybridized carbons (Fsp3) is 0.556. The molecule has 0 spiro atoms. The number of piperazine rings is 1. The van der Waals surface area contributed by atoms with Gasteiger partial charge in [-0.05, 0) is 18.1 Å². The third kappa shape index (κ3) is 3.92. The maximum atomic E-state index is 12.7. The number of hydrogen-bond donors (Lipinski definition) is 0. The summed E-state index contributed by atoms with van der Waals surface area (Å²) in [5, 5.41) is 0. The van der Waals surface area contributed by atoms with Crippen molar-refractivity contribution < 1.29 is 9.59 Å². The molecule has 0 N–H and O–H groups in total. The summed E-state index contributed by atoms with van der Waals surface area (Å²) in [4.78, 5) is 32.0. The molecular weight excluding hydrogens is 322 g/mol. The van der Waals surface area contributed by atoms with Gasteiger partial charge < -0.3 is 9.80 Å². The SMILES string of the molecule is CC(C)CN1CCN(C(=O)CN2C(=O)CSc3ccccc32)CC1. The smallest absolute Gasteiger partial charge is 0.242 e. The number of anilines is 1. The maximum absolute atomic E-state index is 12.7. The normalized spacial score (nSPS) is 18.9. The van der Waals surface area contributed by atoms with E-state index in [2.05, 4.69) is 18.7 Å². The van der Waals surface area contributed by atoms with Gasteiger partial charge in [-0.25, -0.2) is 0 Å². The van der Waals surface area contributed by atoms with Crippen LogP contribution in [-0.2, 0) is 9.59 Å². The van der Waals surface area contributed by atoms with Gasteiger partial charge in [0.1, 0.15) is 6.54 Å². The predicted molar refractivity (Wildman–Crippen MR) is 97.4 cm³/mol. The average Bonchev–Trinajstić information content (AvgIpc) is 2.57. The van der Waals surface area contributed by atoms with Crippen LogP contribution in [0, 0.1) is 5.92 Å². The van der Waals surface area contributed by atoms with Crippen LogP contribution in [0.4, 0.5) is 5.69 Å². The number of hydrogen-bond acceptors (Lipinski definition) is 4. The number of carbonyl (C=O) groups is 2. The second-order valence-electron chi connectivity index (χ2n) is 6.81. The van der Waals surface area contributed by atoms with Crippen molar-refractivity contribution in [2.75, 3.05) is 49.9 Å². The largest absolute Gasteiger partial charge is 0.339 e. The van der Waals surface area contributed by atoms with Crippen molar-refractivity contribution in [3.05, 3.63) is 24.3 Å². The number of rotatable bonds is 4. The van der Waals surface area contributed by atoms with E-state index in [9.17, 15) is 9.59 Å². The van der Waals surface area contributed by atoms with Gasteiger partial charge in [-0.1, -0.05) is 26.0 Å². The van der Waals surface area contributed by atoms with Crippen molar-refractivity contribution in [2.24, 2.45) is 5.92 Å². The number of benzene rings is 1. The van der Waals surface area contributed by atoms with Crippen molar-refractivity contribution in [3.8, 4) is 0 Å². The Hall–Kier alpha value is -1.53. The van der Waals surface area contributed by atoms with Crippen molar-refractivity contribution in [1.29, 1.82) is 0 Å². The van der Waals surface area contributed by atoms with Gasteiger partial charge in [-0.2, -0.15) is 0 Å². The lowest BCUT2D eigenvalue weighted by Gasteiger charge is -2.37. The topological polar surface area (TPSA) is 43.9 Å². The second kappa shape index (κ2) is 7.57. The maximum Gasteiger partial charge on any atom is 0.242 e. The number of nitrogens with zero attached hydrogens (tertiary/aromatic N) is 3. The van der Waals surface area contributed by atoms with E-state index in [1.54, 1.807) is 16.7 Å². The fourth-order valence-corrected chi connectivity index (χ4v) is 4.19. The average molecular weight is 347 g/mol. The standard InChI is InChI=1S/C18H25N3O2S/c1-14(2)11-19-7-9-20(10-8-19)17(22)12-21-15-5-3-4-6-16(15)24-13-18(21)23/h3-6,14H,7-13H2,1-2H3. The zero-order chi connectivity index (χ0) is 17.1. The van der Waals surface area contributed by atoms with Crippen molar-refractivity contribution >= 4 is 29.3 Å². The number of thioether (sulfide) groups is 1. The molecule has 0 bridgehead atoms. The Morgan fingerprint density at radius 2 is 1.88 bits per heavy atom. The highest BCUT2D eigenvalue weighted by molar-refractivity contribution is 8.00. The first-order valence-electron chi connectivity index (χ1n) is 8.57. The summed E-state index contributed by atoms with van der Waals surface area (Å²) in [6, 6.07) is 7.82. The second-order valence-corrected chi connectivity index (χ2v) is 7.83. The van der Waals surface area contributed by atoms with E-state index >= 15 is 0 Å². The molecule has 130 valence electrons. The third-order valence-corrected chi connectivity index (χ3v) is 5.50. The molecule has 0 atom stereocenters. The molecule has 1 aromatic carbocycles. The van der Waals surface area contributed by atoms with Crippen molar-refractivity contribution in [3.63, 3.8) is 0 Å². The minimum Gasteiger partial charge on any atom is -0.339 e. The fourth-order valence-electron chi connectivity index (χ4n) is 3.26. The highest BCUT2D eigenvalue weighted by Crippen LogP contribution is 2.34. The summed E-state index contributed by atoms with van der Waals surface area (Å²) in [5.41, 5.74) is 0.866. The zero-order valence-electron chi connectivity index (χ0n) is 14.4. The summed E-state index contributed by atoms with van der Waals surface area (Å²) < 4.78 is 0. The highest BCUT2D eigenvalue weighted by Gasteiger charge is 2.29. The molecule has 2 heterocycles. The molecule has 2 amide bonds. The molecule has 1 saturated heterocycles. The summed E-state index contributed by atoms with van der Waals surface area (Å²) in [5.74, 6) is 1.12. The van der Waals surface area contributed by atoms with E-state index in [4.69, 9.17) is 0 Å². The van der Waals surface area contributed by atoms with Crippen molar-refractivity contribution in [2.45, 2.75) is 18.7 Å². The summed E-state index contributed by atoms with van der Waals surface area (Å²) in [7, 11) is 0. The van der Waals surface area contributed by atoms with Crippen LogP contribution in [0.1, 0.15) is 13.8 Å². The van der Waals surface area contributed by atoms with Crippen LogP contribution in [0.5, 0.6) is 0 Å². The van der Waals surface area contributed by atoms with Gasteiger partial charge in [0, 0.05) is 37.6 Å². The minimum atomic E-state index is 0.0190. The number of para-hydroxylation sites is 1. The van der Waals surface area contributed by atoms with Crippen LogP contribution in [0.2, 0.25) is 0 Å². The zero-order valence-corrected chi connectivity index (χ0v) is 15.2.